The summed E-state index contributed by atoms with van der Waals surface area (Å²) < 4.78 is 37.6. The lowest BCUT2D eigenvalue weighted by molar-refractivity contribution is -0.0878. The maximum atomic E-state index is 12.5. The molecule has 0 fully saturated rings. The van der Waals surface area contributed by atoms with E-state index in [0.29, 0.717) is 12.0 Å². The monoisotopic (exact) mass is 358 g/mol. The number of halogens is 3. The Labute approximate surface area is 154 Å². The molecule has 0 saturated carbocycles. The number of hydrogen-bond acceptors (Lipinski definition) is 0. The summed E-state index contributed by atoms with van der Waals surface area (Å²) in [6.45, 7) is 13.0. The smallest absolute Gasteiger partial charge is 0.166 e. The largest absolute Gasteiger partial charge is 0.415 e. The predicted molar refractivity (Wildman–Crippen MR) is 104 cm³/mol. The molecule has 0 atom stereocenters. The van der Waals surface area contributed by atoms with Crippen LogP contribution < -0.4 is 0 Å². The molecule has 26 heavy (non-hydrogen) atoms. The lowest BCUT2D eigenvalue weighted by Gasteiger charge is -2.11. The molecule has 1 aromatic carbocycles. The maximum absolute atomic E-state index is 12.5. The summed E-state index contributed by atoms with van der Waals surface area (Å²) in [6.07, 6.45) is 4.65. The zero-order valence-electron chi connectivity index (χ0n) is 15.3. The molecular formula is C23H25F3. The molecule has 0 saturated heterocycles. The van der Waals surface area contributed by atoms with Crippen molar-refractivity contribution in [3.8, 4) is 0 Å². The fraction of sp³-hybridized carbons (Fsp3) is 0.304. The average molecular weight is 358 g/mol. The fourth-order valence-corrected chi connectivity index (χ4v) is 3.09. The molecule has 0 spiro atoms. The minimum Gasteiger partial charge on any atom is -0.166 e. The van der Waals surface area contributed by atoms with Crippen molar-refractivity contribution in [1.29, 1.82) is 0 Å². The van der Waals surface area contributed by atoms with Gasteiger partial charge in [0, 0.05) is 5.57 Å². The van der Waals surface area contributed by atoms with E-state index in [1.165, 1.54) is 23.6 Å². The second kappa shape index (κ2) is 8.39. The lowest BCUT2D eigenvalue weighted by atomic mass is 9.94. The van der Waals surface area contributed by atoms with E-state index in [4.69, 9.17) is 0 Å². The molecule has 3 heteroatoms. The van der Waals surface area contributed by atoms with Gasteiger partial charge >= 0.3 is 6.18 Å². The highest BCUT2D eigenvalue weighted by atomic mass is 19.4. The number of alkyl halides is 3. The van der Waals surface area contributed by atoms with Crippen molar-refractivity contribution < 1.29 is 13.2 Å². The Balaban J connectivity index is 1.95. The van der Waals surface area contributed by atoms with E-state index in [2.05, 4.69) is 37.9 Å². The number of aryl methyl sites for hydroxylation is 2. The zero-order chi connectivity index (χ0) is 19.3. The summed E-state index contributed by atoms with van der Waals surface area (Å²) >= 11 is 0. The predicted octanol–water partition coefficient (Wildman–Crippen LogP) is 7.15. The molecular weight excluding hydrogens is 333 g/mol. The first kappa shape index (κ1) is 20.0. The number of hydrogen-bond donors (Lipinski definition) is 0. The van der Waals surface area contributed by atoms with Gasteiger partial charge in [-0.1, -0.05) is 56.2 Å². The molecule has 1 aliphatic rings. The van der Waals surface area contributed by atoms with Crippen LogP contribution in [-0.4, -0.2) is 6.18 Å². The molecule has 0 heterocycles. The Morgan fingerprint density at radius 3 is 2.38 bits per heavy atom. The first-order valence-electron chi connectivity index (χ1n) is 8.81. The summed E-state index contributed by atoms with van der Waals surface area (Å²) in [5.74, 6) is 0. The Bertz CT molecular complexity index is 773. The van der Waals surface area contributed by atoms with Crippen LogP contribution in [0.3, 0.4) is 0 Å². The molecule has 0 nitrogen and oxygen atoms in total. The molecule has 1 aliphatic carbocycles. The van der Waals surface area contributed by atoms with E-state index in [0.717, 1.165) is 42.0 Å². The minimum atomic E-state index is -4.40. The van der Waals surface area contributed by atoms with Gasteiger partial charge in [-0.2, -0.15) is 13.2 Å². The van der Waals surface area contributed by atoms with Gasteiger partial charge in [-0.3, -0.25) is 0 Å². The van der Waals surface area contributed by atoms with Crippen LogP contribution in [0.2, 0.25) is 0 Å². The van der Waals surface area contributed by atoms with E-state index in [9.17, 15) is 13.2 Å². The van der Waals surface area contributed by atoms with E-state index in [-0.39, 0.29) is 0 Å². The Kier molecular flexibility index (Phi) is 6.47. The van der Waals surface area contributed by atoms with Crippen molar-refractivity contribution in [2.75, 3.05) is 0 Å². The molecule has 0 N–H and O–H groups in total. The second-order valence-electron chi connectivity index (χ2n) is 6.64. The van der Waals surface area contributed by atoms with Gasteiger partial charge in [0.15, 0.2) is 0 Å². The van der Waals surface area contributed by atoms with Crippen LogP contribution in [-0.2, 0) is 12.8 Å². The van der Waals surface area contributed by atoms with E-state index in [1.807, 2.05) is 0 Å². The summed E-state index contributed by atoms with van der Waals surface area (Å²) in [5.41, 5.74) is 5.62. The highest BCUT2D eigenvalue weighted by Crippen LogP contribution is 2.29. The van der Waals surface area contributed by atoms with Crippen molar-refractivity contribution in [1.82, 2.24) is 0 Å². The minimum absolute atomic E-state index is 0.651. The van der Waals surface area contributed by atoms with Gasteiger partial charge < -0.3 is 0 Å². The molecule has 2 rings (SSSR count). The van der Waals surface area contributed by atoms with Crippen LogP contribution in [0.25, 0.3) is 5.57 Å². The van der Waals surface area contributed by atoms with Crippen LogP contribution in [0.15, 0.2) is 72.9 Å². The van der Waals surface area contributed by atoms with E-state index >= 15 is 0 Å². The normalized spacial score (nSPS) is 14.5. The molecule has 0 radical (unpaired) electrons. The molecule has 1 aromatic rings. The quantitative estimate of drug-likeness (QED) is 0.454. The van der Waals surface area contributed by atoms with Crippen molar-refractivity contribution >= 4 is 5.57 Å². The van der Waals surface area contributed by atoms with Gasteiger partial charge in [0.25, 0.3) is 0 Å². The van der Waals surface area contributed by atoms with Crippen LogP contribution in [0.5, 0.6) is 0 Å². The summed E-state index contributed by atoms with van der Waals surface area (Å²) in [4.78, 5) is 0. The third-order valence-corrected chi connectivity index (χ3v) is 4.78. The Morgan fingerprint density at radius 1 is 1.04 bits per heavy atom. The van der Waals surface area contributed by atoms with Crippen molar-refractivity contribution in [2.24, 2.45) is 0 Å². The molecule has 0 aromatic heterocycles. The third kappa shape index (κ3) is 5.10. The van der Waals surface area contributed by atoms with Gasteiger partial charge in [-0.25, -0.2) is 0 Å². The number of fused-ring (bicyclic) bond motifs is 1. The van der Waals surface area contributed by atoms with Gasteiger partial charge in [-0.15, -0.1) is 0 Å². The Morgan fingerprint density at radius 2 is 1.73 bits per heavy atom. The third-order valence-electron chi connectivity index (χ3n) is 4.78. The molecule has 0 aliphatic heterocycles. The van der Waals surface area contributed by atoms with E-state index in [1.54, 1.807) is 13.0 Å². The van der Waals surface area contributed by atoms with Crippen molar-refractivity contribution in [2.45, 2.75) is 45.2 Å². The molecule has 0 amide bonds. The number of benzene rings is 1. The van der Waals surface area contributed by atoms with Crippen molar-refractivity contribution in [3.63, 3.8) is 0 Å². The highest BCUT2D eigenvalue weighted by Gasteiger charge is 2.29. The lowest BCUT2D eigenvalue weighted by Crippen LogP contribution is -2.08. The van der Waals surface area contributed by atoms with Crippen molar-refractivity contribution in [3.05, 3.63) is 89.6 Å². The topological polar surface area (TPSA) is 0 Å². The maximum Gasteiger partial charge on any atom is 0.415 e. The Hall–Kier alpha value is -2.29. The van der Waals surface area contributed by atoms with Crippen LogP contribution in [0, 0.1) is 0 Å². The molecule has 138 valence electrons. The number of rotatable bonds is 7. The highest BCUT2D eigenvalue weighted by molar-refractivity contribution is 5.65. The van der Waals surface area contributed by atoms with Gasteiger partial charge in [0.1, 0.15) is 0 Å². The summed E-state index contributed by atoms with van der Waals surface area (Å²) in [7, 11) is 0. The van der Waals surface area contributed by atoms with Gasteiger partial charge in [-0.05, 0) is 72.4 Å². The fourth-order valence-electron chi connectivity index (χ4n) is 3.09. The first-order chi connectivity index (χ1) is 12.2. The second-order valence-corrected chi connectivity index (χ2v) is 6.64. The van der Waals surface area contributed by atoms with Gasteiger partial charge in [0.2, 0.25) is 0 Å². The molecule has 0 bridgehead atoms. The summed E-state index contributed by atoms with van der Waals surface area (Å²) in [6, 6.07) is 6.51. The summed E-state index contributed by atoms with van der Waals surface area (Å²) in [5, 5.41) is 0. The zero-order valence-corrected chi connectivity index (χ0v) is 15.3. The SMILES string of the molecule is C=C(CCC(=C)c1ccc2c(c1)CCC2)C(/C=C\C(=C)C(F)(F)F)=C/C. The average Bonchev–Trinajstić information content (AvgIpc) is 3.06. The van der Waals surface area contributed by atoms with Gasteiger partial charge in [0.05, 0.1) is 0 Å². The van der Waals surface area contributed by atoms with Crippen LogP contribution >= 0.6 is 0 Å². The first-order valence-corrected chi connectivity index (χ1v) is 8.81. The molecule has 0 unspecified atom stereocenters. The van der Waals surface area contributed by atoms with E-state index < -0.39 is 11.7 Å². The van der Waals surface area contributed by atoms with Crippen LogP contribution in [0.1, 0.15) is 42.9 Å². The standard InChI is InChI=1S/C23H25F3/c1-5-19(12-11-18(4)23(24,25)26)16(2)9-10-17(3)21-14-13-20-7-6-8-22(20)15-21/h5,11-15H,2-4,6-10H2,1H3/b12-11-,19-5+. The number of allylic oxidation sites excluding steroid dienone is 7. The van der Waals surface area contributed by atoms with Crippen LogP contribution in [0.4, 0.5) is 13.2 Å².